The topological polar surface area (TPSA) is 65.5 Å². The van der Waals surface area contributed by atoms with Crippen LogP contribution in [0.3, 0.4) is 0 Å². The zero-order chi connectivity index (χ0) is 16.4. The van der Waals surface area contributed by atoms with Gasteiger partial charge >= 0.3 is 0 Å². The van der Waals surface area contributed by atoms with E-state index in [4.69, 9.17) is 14.9 Å². The molecule has 3 rings (SSSR count). The highest BCUT2D eigenvalue weighted by Gasteiger charge is 2.20. The standard InChI is InChI=1S/C18H14BrNO3/c1-22-14-10-9-13-15(16(14)19)17(20)18(23-13)12(21)8-7-11-5-3-2-4-6-11/h2-10H,20H2,1H3/b8-7+. The maximum atomic E-state index is 12.4. The Morgan fingerprint density at radius 2 is 1.96 bits per heavy atom. The van der Waals surface area contributed by atoms with Crippen LogP contribution in [-0.2, 0) is 0 Å². The summed E-state index contributed by atoms with van der Waals surface area (Å²) in [6.07, 6.45) is 3.18. The van der Waals surface area contributed by atoms with Gasteiger partial charge in [0.2, 0.25) is 5.78 Å². The zero-order valence-corrected chi connectivity index (χ0v) is 14.0. The Morgan fingerprint density at radius 3 is 2.65 bits per heavy atom. The second-order valence-electron chi connectivity index (χ2n) is 4.91. The van der Waals surface area contributed by atoms with Crippen molar-refractivity contribution in [3.63, 3.8) is 0 Å². The Kier molecular flexibility index (Phi) is 4.21. The van der Waals surface area contributed by atoms with Gasteiger partial charge in [-0.2, -0.15) is 0 Å². The molecule has 3 aromatic rings. The van der Waals surface area contributed by atoms with Crippen LogP contribution in [0.25, 0.3) is 17.0 Å². The number of anilines is 1. The summed E-state index contributed by atoms with van der Waals surface area (Å²) in [4.78, 5) is 12.4. The number of nitrogen functional groups attached to an aromatic ring is 1. The van der Waals surface area contributed by atoms with E-state index in [0.717, 1.165) is 5.56 Å². The average Bonchev–Trinajstić information content (AvgIpc) is 2.92. The molecule has 0 atom stereocenters. The van der Waals surface area contributed by atoms with E-state index in [-0.39, 0.29) is 11.5 Å². The number of hydrogen-bond donors (Lipinski definition) is 1. The first-order valence-electron chi connectivity index (χ1n) is 6.93. The highest BCUT2D eigenvalue weighted by atomic mass is 79.9. The first-order valence-corrected chi connectivity index (χ1v) is 7.73. The zero-order valence-electron chi connectivity index (χ0n) is 12.4. The van der Waals surface area contributed by atoms with Gasteiger partial charge in [0, 0.05) is 0 Å². The van der Waals surface area contributed by atoms with E-state index in [2.05, 4.69) is 15.9 Å². The van der Waals surface area contributed by atoms with Crippen molar-refractivity contribution in [3.05, 3.63) is 64.3 Å². The van der Waals surface area contributed by atoms with Gasteiger partial charge in [-0.15, -0.1) is 0 Å². The number of ketones is 1. The van der Waals surface area contributed by atoms with E-state index >= 15 is 0 Å². The van der Waals surface area contributed by atoms with Crippen molar-refractivity contribution in [2.75, 3.05) is 12.8 Å². The Balaban J connectivity index is 2.00. The molecule has 23 heavy (non-hydrogen) atoms. The number of carbonyl (C=O) groups excluding carboxylic acids is 1. The van der Waals surface area contributed by atoms with Crippen LogP contribution in [0.4, 0.5) is 5.69 Å². The minimum absolute atomic E-state index is 0.126. The van der Waals surface area contributed by atoms with E-state index in [0.29, 0.717) is 26.9 Å². The van der Waals surface area contributed by atoms with Gasteiger partial charge in [-0.3, -0.25) is 4.79 Å². The van der Waals surface area contributed by atoms with Crippen molar-refractivity contribution in [2.45, 2.75) is 0 Å². The molecule has 1 heterocycles. The number of halogens is 1. The average molecular weight is 372 g/mol. The van der Waals surface area contributed by atoms with E-state index in [9.17, 15) is 4.79 Å². The molecule has 0 unspecified atom stereocenters. The van der Waals surface area contributed by atoms with Gasteiger partial charge in [0.25, 0.3) is 0 Å². The Bertz CT molecular complexity index is 898. The fourth-order valence-corrected chi connectivity index (χ4v) is 3.01. The van der Waals surface area contributed by atoms with Crippen LogP contribution in [0.2, 0.25) is 0 Å². The molecular weight excluding hydrogens is 358 g/mol. The second-order valence-corrected chi connectivity index (χ2v) is 5.70. The maximum Gasteiger partial charge on any atom is 0.223 e. The van der Waals surface area contributed by atoms with E-state index < -0.39 is 0 Å². The van der Waals surface area contributed by atoms with Gasteiger partial charge in [0.15, 0.2) is 5.76 Å². The van der Waals surface area contributed by atoms with Crippen LogP contribution in [0.15, 0.2) is 57.4 Å². The molecule has 0 aliphatic heterocycles. The smallest absolute Gasteiger partial charge is 0.223 e. The highest BCUT2D eigenvalue weighted by molar-refractivity contribution is 9.10. The summed E-state index contributed by atoms with van der Waals surface area (Å²) in [7, 11) is 1.57. The van der Waals surface area contributed by atoms with Crippen molar-refractivity contribution < 1.29 is 13.9 Å². The molecule has 116 valence electrons. The monoisotopic (exact) mass is 371 g/mol. The van der Waals surface area contributed by atoms with Crippen LogP contribution in [-0.4, -0.2) is 12.9 Å². The van der Waals surface area contributed by atoms with Crippen LogP contribution in [0, 0.1) is 0 Å². The van der Waals surface area contributed by atoms with Crippen molar-refractivity contribution >= 4 is 44.4 Å². The van der Waals surface area contributed by atoms with Gasteiger partial charge in [-0.25, -0.2) is 0 Å². The number of carbonyl (C=O) groups is 1. The number of ether oxygens (including phenoxy) is 1. The molecule has 0 spiro atoms. The van der Waals surface area contributed by atoms with Crippen molar-refractivity contribution in [2.24, 2.45) is 0 Å². The first kappa shape index (κ1) is 15.4. The molecule has 0 aliphatic rings. The largest absolute Gasteiger partial charge is 0.496 e. The van der Waals surface area contributed by atoms with Gasteiger partial charge in [-0.05, 0) is 39.7 Å². The molecule has 0 fully saturated rings. The van der Waals surface area contributed by atoms with E-state index in [1.807, 2.05) is 30.3 Å². The number of benzene rings is 2. The summed E-state index contributed by atoms with van der Waals surface area (Å²) in [5, 5.41) is 0.640. The summed E-state index contributed by atoms with van der Waals surface area (Å²) < 4.78 is 11.5. The van der Waals surface area contributed by atoms with Gasteiger partial charge in [-0.1, -0.05) is 36.4 Å². The van der Waals surface area contributed by atoms with Crippen molar-refractivity contribution in [1.82, 2.24) is 0 Å². The Hall–Kier alpha value is -2.53. The van der Waals surface area contributed by atoms with Crippen LogP contribution in [0.1, 0.15) is 16.1 Å². The summed E-state index contributed by atoms with van der Waals surface area (Å²) in [5.74, 6) is 0.471. The summed E-state index contributed by atoms with van der Waals surface area (Å²) in [5.41, 5.74) is 7.86. The number of furan rings is 1. The van der Waals surface area contributed by atoms with Gasteiger partial charge in [0.1, 0.15) is 11.3 Å². The minimum atomic E-state index is -0.284. The molecule has 4 nitrogen and oxygen atoms in total. The van der Waals surface area contributed by atoms with E-state index in [1.54, 1.807) is 25.3 Å². The van der Waals surface area contributed by atoms with Crippen LogP contribution < -0.4 is 10.5 Å². The molecule has 2 N–H and O–H groups in total. The summed E-state index contributed by atoms with van der Waals surface area (Å²) >= 11 is 3.44. The third-order valence-corrected chi connectivity index (χ3v) is 4.25. The van der Waals surface area contributed by atoms with Gasteiger partial charge < -0.3 is 14.9 Å². The summed E-state index contributed by atoms with van der Waals surface area (Å²) in [6.45, 7) is 0. The third kappa shape index (κ3) is 2.87. The molecular formula is C18H14BrNO3. The van der Waals surface area contributed by atoms with E-state index in [1.165, 1.54) is 6.08 Å². The lowest BCUT2D eigenvalue weighted by atomic mass is 10.1. The highest BCUT2D eigenvalue weighted by Crippen LogP contribution is 2.39. The molecule has 0 amide bonds. The molecule has 2 aromatic carbocycles. The normalized spacial score (nSPS) is 11.2. The number of allylic oxidation sites excluding steroid dienone is 1. The predicted molar refractivity (Wildman–Crippen MR) is 94.7 cm³/mol. The Labute approximate surface area is 141 Å². The molecule has 1 aromatic heterocycles. The molecule has 5 heteroatoms. The van der Waals surface area contributed by atoms with Crippen LogP contribution >= 0.6 is 15.9 Å². The molecule has 0 bridgehead atoms. The second kappa shape index (κ2) is 6.30. The molecule has 0 saturated heterocycles. The van der Waals surface area contributed by atoms with Crippen LogP contribution in [0.5, 0.6) is 5.75 Å². The number of methoxy groups -OCH3 is 1. The fourth-order valence-electron chi connectivity index (χ4n) is 2.31. The number of fused-ring (bicyclic) bond motifs is 1. The first-order chi connectivity index (χ1) is 11.1. The van der Waals surface area contributed by atoms with Gasteiger partial charge in [0.05, 0.1) is 22.7 Å². The Morgan fingerprint density at radius 1 is 1.22 bits per heavy atom. The predicted octanol–water partition coefficient (Wildman–Crippen LogP) is 4.68. The lowest BCUT2D eigenvalue weighted by Gasteiger charge is -2.03. The number of rotatable bonds is 4. The summed E-state index contributed by atoms with van der Waals surface area (Å²) in [6, 6.07) is 13.0. The third-order valence-electron chi connectivity index (χ3n) is 3.46. The van der Waals surface area contributed by atoms with Crippen molar-refractivity contribution in [1.29, 1.82) is 0 Å². The fraction of sp³-hybridized carbons (Fsp3) is 0.0556. The molecule has 0 aliphatic carbocycles. The number of nitrogens with two attached hydrogens (primary N) is 1. The lowest BCUT2D eigenvalue weighted by molar-refractivity contribution is 0.102. The van der Waals surface area contributed by atoms with Crippen molar-refractivity contribution in [3.8, 4) is 5.75 Å². The molecule has 0 radical (unpaired) electrons. The number of hydrogen-bond acceptors (Lipinski definition) is 4. The maximum absolute atomic E-state index is 12.4. The quantitative estimate of drug-likeness (QED) is 0.533. The minimum Gasteiger partial charge on any atom is -0.496 e. The SMILES string of the molecule is COc1ccc2oc(C(=O)/C=C/c3ccccc3)c(N)c2c1Br. The molecule has 0 saturated carbocycles. The lowest BCUT2D eigenvalue weighted by Crippen LogP contribution is -1.97.